The van der Waals surface area contributed by atoms with E-state index >= 15 is 0 Å². The standard InChI is InChI=1S/C14H13N3OS/c1-10-7-8-13(18-10)11-5-3-4-6-12(11)17-14(19-2)16-9-15/h3-8H,1-2H3,(H,16,17). The summed E-state index contributed by atoms with van der Waals surface area (Å²) in [6.07, 6.45) is 3.74. The van der Waals surface area contributed by atoms with Gasteiger partial charge in [-0.3, -0.25) is 5.32 Å². The molecule has 0 unspecified atom stereocenters. The lowest BCUT2D eigenvalue weighted by Gasteiger charge is -2.04. The maximum atomic E-state index is 8.66. The summed E-state index contributed by atoms with van der Waals surface area (Å²) in [5.41, 5.74) is 1.67. The van der Waals surface area contributed by atoms with E-state index in [-0.39, 0.29) is 0 Å². The highest BCUT2D eigenvalue weighted by molar-refractivity contribution is 8.13. The van der Waals surface area contributed by atoms with Crippen LogP contribution in [0.1, 0.15) is 5.76 Å². The van der Waals surface area contributed by atoms with E-state index in [1.807, 2.05) is 55.8 Å². The Morgan fingerprint density at radius 1 is 1.32 bits per heavy atom. The second-order valence-corrected chi connectivity index (χ2v) is 4.58. The molecule has 1 aromatic heterocycles. The van der Waals surface area contributed by atoms with Crippen molar-refractivity contribution < 1.29 is 4.42 Å². The van der Waals surface area contributed by atoms with E-state index < -0.39 is 0 Å². The molecule has 0 aliphatic heterocycles. The number of hydrogen-bond acceptors (Lipinski definition) is 4. The van der Waals surface area contributed by atoms with Crippen molar-refractivity contribution in [2.24, 2.45) is 4.99 Å². The van der Waals surface area contributed by atoms with E-state index in [1.54, 1.807) is 0 Å². The van der Waals surface area contributed by atoms with Crippen molar-refractivity contribution in [1.29, 1.82) is 5.26 Å². The number of para-hydroxylation sites is 1. The molecule has 2 rings (SSSR count). The summed E-state index contributed by atoms with van der Waals surface area (Å²) in [6, 6.07) is 11.5. The summed E-state index contributed by atoms with van der Waals surface area (Å²) >= 11 is 1.38. The maximum absolute atomic E-state index is 8.66. The number of aryl methyl sites for hydroxylation is 1. The molecule has 0 bridgehead atoms. The number of thioether (sulfide) groups is 1. The molecule has 0 spiro atoms. The zero-order valence-corrected chi connectivity index (χ0v) is 11.5. The van der Waals surface area contributed by atoms with Gasteiger partial charge in [0.2, 0.25) is 0 Å². The second kappa shape index (κ2) is 6.12. The zero-order chi connectivity index (χ0) is 13.7. The van der Waals surface area contributed by atoms with Crippen molar-refractivity contribution in [1.82, 2.24) is 5.32 Å². The minimum atomic E-state index is 0.554. The van der Waals surface area contributed by atoms with Crippen LogP contribution >= 0.6 is 11.8 Å². The maximum Gasteiger partial charge on any atom is 0.183 e. The van der Waals surface area contributed by atoms with Gasteiger partial charge in [-0.2, -0.15) is 5.26 Å². The number of aliphatic imine (C=N–C) groups is 1. The molecule has 0 saturated heterocycles. The Morgan fingerprint density at radius 3 is 2.74 bits per heavy atom. The Hall–Kier alpha value is -2.19. The molecule has 0 atom stereocenters. The van der Waals surface area contributed by atoms with Gasteiger partial charge >= 0.3 is 0 Å². The van der Waals surface area contributed by atoms with Gasteiger partial charge in [0, 0.05) is 5.56 Å². The summed E-state index contributed by atoms with van der Waals surface area (Å²) in [5.74, 6) is 1.63. The van der Waals surface area contributed by atoms with Crippen LogP contribution in [0.3, 0.4) is 0 Å². The van der Waals surface area contributed by atoms with Gasteiger partial charge in [0.25, 0.3) is 0 Å². The largest absolute Gasteiger partial charge is 0.461 e. The molecule has 1 aromatic carbocycles. The number of nitrogens with one attached hydrogen (secondary N) is 1. The summed E-state index contributed by atoms with van der Waals surface area (Å²) in [7, 11) is 0. The fourth-order valence-corrected chi connectivity index (χ4v) is 1.98. The van der Waals surface area contributed by atoms with Crippen LogP contribution in [0.5, 0.6) is 0 Å². The van der Waals surface area contributed by atoms with E-state index in [0.29, 0.717) is 5.17 Å². The van der Waals surface area contributed by atoms with Gasteiger partial charge < -0.3 is 4.42 Å². The van der Waals surface area contributed by atoms with Crippen LogP contribution in [0, 0.1) is 18.4 Å². The molecule has 4 nitrogen and oxygen atoms in total. The quantitative estimate of drug-likeness (QED) is 0.392. The predicted molar refractivity (Wildman–Crippen MR) is 78.2 cm³/mol. The molecule has 0 aliphatic carbocycles. The first-order valence-electron chi connectivity index (χ1n) is 5.68. The van der Waals surface area contributed by atoms with Gasteiger partial charge in [-0.05, 0) is 37.4 Å². The lowest BCUT2D eigenvalue weighted by molar-refractivity contribution is 0.548. The first kappa shape index (κ1) is 13.2. The van der Waals surface area contributed by atoms with Gasteiger partial charge in [-0.25, -0.2) is 4.99 Å². The molecule has 0 fully saturated rings. The summed E-state index contributed by atoms with van der Waals surface area (Å²) in [6.45, 7) is 1.90. The second-order valence-electron chi connectivity index (χ2n) is 3.79. The van der Waals surface area contributed by atoms with Crippen LogP contribution in [-0.4, -0.2) is 11.4 Å². The number of benzene rings is 1. The number of hydrogen-bond donors (Lipinski definition) is 1. The highest BCUT2D eigenvalue weighted by atomic mass is 32.2. The normalized spacial score (nSPS) is 11.1. The Bertz CT molecular complexity index is 640. The third-order valence-electron chi connectivity index (χ3n) is 2.49. The molecule has 2 aromatic rings. The first-order chi connectivity index (χ1) is 9.24. The molecule has 5 heteroatoms. The van der Waals surface area contributed by atoms with Crippen LogP contribution in [0.2, 0.25) is 0 Å². The molecular formula is C14H13N3OS. The highest BCUT2D eigenvalue weighted by Gasteiger charge is 2.08. The van der Waals surface area contributed by atoms with E-state index in [4.69, 9.17) is 9.68 Å². The number of amidine groups is 1. The summed E-state index contributed by atoms with van der Waals surface area (Å²) in [4.78, 5) is 4.44. The summed E-state index contributed by atoms with van der Waals surface area (Å²) < 4.78 is 5.62. The third-order valence-corrected chi connectivity index (χ3v) is 3.07. The fourth-order valence-electron chi connectivity index (χ4n) is 1.64. The smallest absolute Gasteiger partial charge is 0.183 e. The van der Waals surface area contributed by atoms with Crippen molar-refractivity contribution in [3.05, 3.63) is 42.2 Å². The van der Waals surface area contributed by atoms with Crippen LogP contribution < -0.4 is 5.32 Å². The number of nitrogens with zero attached hydrogens (tertiary/aromatic N) is 2. The van der Waals surface area contributed by atoms with Crippen LogP contribution in [0.4, 0.5) is 5.69 Å². The Balaban J connectivity index is 2.45. The molecule has 0 amide bonds. The van der Waals surface area contributed by atoms with Crippen molar-refractivity contribution in [3.63, 3.8) is 0 Å². The fraction of sp³-hybridized carbons (Fsp3) is 0.143. The van der Waals surface area contributed by atoms with E-state index in [2.05, 4.69) is 10.3 Å². The van der Waals surface area contributed by atoms with Crippen molar-refractivity contribution in [2.45, 2.75) is 6.92 Å². The van der Waals surface area contributed by atoms with Gasteiger partial charge in [0.15, 0.2) is 11.4 Å². The van der Waals surface area contributed by atoms with Gasteiger partial charge in [0.05, 0.1) is 5.69 Å². The van der Waals surface area contributed by atoms with Crippen LogP contribution in [0.25, 0.3) is 11.3 Å². The Morgan fingerprint density at radius 2 is 2.11 bits per heavy atom. The van der Waals surface area contributed by atoms with E-state index in [0.717, 1.165) is 22.8 Å². The van der Waals surface area contributed by atoms with Crippen LogP contribution in [-0.2, 0) is 0 Å². The molecule has 96 valence electrons. The molecule has 0 saturated carbocycles. The molecule has 1 N–H and O–H groups in total. The predicted octanol–water partition coefficient (Wildman–Crippen LogP) is 3.68. The monoisotopic (exact) mass is 271 g/mol. The van der Waals surface area contributed by atoms with Gasteiger partial charge in [-0.15, -0.1) is 0 Å². The van der Waals surface area contributed by atoms with Crippen molar-refractivity contribution in [2.75, 3.05) is 6.26 Å². The van der Waals surface area contributed by atoms with Crippen LogP contribution in [0.15, 0.2) is 45.8 Å². The topological polar surface area (TPSA) is 61.3 Å². The van der Waals surface area contributed by atoms with Crippen molar-refractivity contribution in [3.8, 4) is 17.5 Å². The molecule has 1 heterocycles. The minimum Gasteiger partial charge on any atom is -0.461 e. The van der Waals surface area contributed by atoms with E-state index in [1.165, 1.54) is 11.8 Å². The first-order valence-corrected chi connectivity index (χ1v) is 6.90. The van der Waals surface area contributed by atoms with Gasteiger partial charge in [0.1, 0.15) is 11.5 Å². The molecule has 0 aliphatic rings. The molecular weight excluding hydrogens is 258 g/mol. The average molecular weight is 271 g/mol. The SMILES string of the molecule is CSC(=Nc1ccccc1-c1ccc(C)o1)NC#N. The number of furan rings is 1. The number of nitriles is 1. The zero-order valence-electron chi connectivity index (χ0n) is 10.7. The minimum absolute atomic E-state index is 0.554. The molecule has 19 heavy (non-hydrogen) atoms. The lowest BCUT2D eigenvalue weighted by Crippen LogP contribution is -2.12. The summed E-state index contributed by atoms with van der Waals surface area (Å²) in [5, 5.41) is 11.8. The Kier molecular flexibility index (Phi) is 4.26. The third kappa shape index (κ3) is 3.18. The van der Waals surface area contributed by atoms with Gasteiger partial charge in [-0.1, -0.05) is 23.9 Å². The van der Waals surface area contributed by atoms with Crippen molar-refractivity contribution >= 4 is 22.6 Å². The lowest BCUT2D eigenvalue weighted by atomic mass is 10.1. The highest BCUT2D eigenvalue weighted by Crippen LogP contribution is 2.31. The number of rotatable bonds is 2. The average Bonchev–Trinajstić information content (AvgIpc) is 2.85. The van der Waals surface area contributed by atoms with E-state index in [9.17, 15) is 0 Å². The molecule has 0 radical (unpaired) electrons. The Labute approximate surface area is 116 Å².